The molecule has 0 spiro atoms. The van der Waals surface area contributed by atoms with Gasteiger partial charge in [0, 0.05) is 13.5 Å². The van der Waals surface area contributed by atoms with Gasteiger partial charge in [0.2, 0.25) is 0 Å². The summed E-state index contributed by atoms with van der Waals surface area (Å²) in [4.78, 5) is 30.2. The first-order valence-electron chi connectivity index (χ1n) is 9.01. The number of nitrogens with zero attached hydrogens (tertiary/aromatic N) is 3. The summed E-state index contributed by atoms with van der Waals surface area (Å²) in [6, 6.07) is 13.0. The molecule has 2 heterocycles. The zero-order valence-electron chi connectivity index (χ0n) is 15.9. The van der Waals surface area contributed by atoms with Gasteiger partial charge in [-0.05, 0) is 29.2 Å². The van der Waals surface area contributed by atoms with E-state index in [0.717, 1.165) is 33.6 Å². The lowest BCUT2D eigenvalue weighted by Gasteiger charge is -2.08. The normalized spacial score (nSPS) is 10.8. The number of aryl methyl sites for hydroxylation is 1. The molecule has 30 heavy (non-hydrogen) atoms. The average molecular weight is 423 g/mol. The van der Waals surface area contributed by atoms with Crippen LogP contribution in [0.2, 0.25) is 0 Å². The van der Waals surface area contributed by atoms with E-state index in [2.05, 4.69) is 16.8 Å². The Hall–Kier alpha value is -3.57. The molecular weight excluding hydrogens is 408 g/mol. The lowest BCUT2D eigenvalue weighted by atomic mass is 10.2. The molecule has 0 aliphatic heterocycles. The van der Waals surface area contributed by atoms with Gasteiger partial charge in [0.05, 0.1) is 6.54 Å². The molecule has 0 fully saturated rings. The monoisotopic (exact) mass is 423 g/mol. The summed E-state index contributed by atoms with van der Waals surface area (Å²) in [5.74, 6) is 3.93. The molecule has 5 nitrogen and oxygen atoms in total. The predicted molar refractivity (Wildman–Crippen MR) is 112 cm³/mol. The van der Waals surface area contributed by atoms with Crippen LogP contribution in [0.25, 0.3) is 10.3 Å². The number of halogens is 2. The molecule has 4 aromatic rings. The highest BCUT2D eigenvalue weighted by Crippen LogP contribution is 2.17. The van der Waals surface area contributed by atoms with E-state index in [1.807, 2.05) is 30.3 Å². The summed E-state index contributed by atoms with van der Waals surface area (Å²) >= 11 is 1.16. The molecule has 0 aliphatic rings. The van der Waals surface area contributed by atoms with Crippen molar-refractivity contribution in [3.8, 4) is 11.8 Å². The molecule has 8 heteroatoms. The minimum atomic E-state index is -1.04. The first-order valence-corrected chi connectivity index (χ1v) is 9.83. The van der Waals surface area contributed by atoms with Gasteiger partial charge < -0.3 is 0 Å². The van der Waals surface area contributed by atoms with Crippen LogP contribution in [0.3, 0.4) is 0 Å². The van der Waals surface area contributed by atoms with E-state index in [9.17, 15) is 18.4 Å². The molecule has 0 radical (unpaired) electrons. The van der Waals surface area contributed by atoms with Crippen LogP contribution >= 0.6 is 11.3 Å². The molecule has 2 aromatic carbocycles. The number of benzene rings is 2. The molecule has 0 amide bonds. The molecule has 4 rings (SSSR count). The van der Waals surface area contributed by atoms with Crippen molar-refractivity contribution < 1.29 is 8.78 Å². The van der Waals surface area contributed by atoms with Crippen molar-refractivity contribution in [2.75, 3.05) is 0 Å². The SMILES string of the molecule is Cn1c(=O)n(Cc2ccc(F)c(F)c2)c(=O)c2nc(C#CCc3ccccc3)sc21. The van der Waals surface area contributed by atoms with Crippen LogP contribution in [-0.2, 0) is 20.0 Å². The van der Waals surface area contributed by atoms with Crippen molar-refractivity contribution in [2.45, 2.75) is 13.0 Å². The van der Waals surface area contributed by atoms with Gasteiger partial charge in [0.15, 0.2) is 22.2 Å². The van der Waals surface area contributed by atoms with E-state index >= 15 is 0 Å². The van der Waals surface area contributed by atoms with Crippen LogP contribution in [0.4, 0.5) is 8.78 Å². The fourth-order valence-corrected chi connectivity index (χ4v) is 3.88. The second-order valence-electron chi connectivity index (χ2n) is 6.62. The van der Waals surface area contributed by atoms with E-state index in [1.165, 1.54) is 17.7 Å². The Morgan fingerprint density at radius 2 is 1.80 bits per heavy atom. The number of hydrogen-bond donors (Lipinski definition) is 0. The fraction of sp³-hybridized carbons (Fsp3) is 0.136. The van der Waals surface area contributed by atoms with Gasteiger partial charge in [-0.3, -0.25) is 13.9 Å². The fourth-order valence-electron chi connectivity index (χ4n) is 2.99. The minimum absolute atomic E-state index is 0.119. The predicted octanol–water partition coefficient (Wildman–Crippen LogP) is 3.08. The van der Waals surface area contributed by atoms with Gasteiger partial charge in [-0.1, -0.05) is 53.7 Å². The maximum atomic E-state index is 13.5. The van der Waals surface area contributed by atoms with Gasteiger partial charge in [-0.15, -0.1) is 0 Å². The summed E-state index contributed by atoms with van der Waals surface area (Å²) in [5, 5.41) is 0.429. The highest BCUT2D eigenvalue weighted by Gasteiger charge is 2.16. The Labute approximate surface area is 173 Å². The van der Waals surface area contributed by atoms with Gasteiger partial charge in [0.1, 0.15) is 4.83 Å². The molecule has 0 saturated heterocycles. The van der Waals surface area contributed by atoms with Crippen molar-refractivity contribution in [1.82, 2.24) is 14.1 Å². The molecular formula is C22H15F2N3O2S. The molecule has 0 aliphatic carbocycles. The lowest BCUT2D eigenvalue weighted by molar-refractivity contribution is 0.506. The number of rotatable bonds is 3. The summed E-state index contributed by atoms with van der Waals surface area (Å²) in [6.07, 6.45) is 0.538. The smallest absolute Gasteiger partial charge is 0.286 e. The van der Waals surface area contributed by atoms with E-state index in [0.29, 0.717) is 21.8 Å². The Morgan fingerprint density at radius 1 is 1.03 bits per heavy atom. The molecule has 0 bridgehead atoms. The Morgan fingerprint density at radius 3 is 2.53 bits per heavy atom. The minimum Gasteiger partial charge on any atom is -0.286 e. The van der Waals surface area contributed by atoms with Crippen LogP contribution in [0.5, 0.6) is 0 Å². The average Bonchev–Trinajstić information content (AvgIpc) is 3.17. The first-order chi connectivity index (χ1) is 14.4. The van der Waals surface area contributed by atoms with Crippen molar-refractivity contribution in [1.29, 1.82) is 0 Å². The number of aromatic nitrogens is 3. The standard InChI is InChI=1S/C22H15F2N3O2S/c1-26-21-19(25-18(30-21)9-5-8-14-6-3-2-4-7-14)20(28)27(22(26)29)13-15-10-11-16(23)17(24)12-15/h2-4,6-7,10-12H,8,13H2,1H3. The first kappa shape index (κ1) is 19.7. The van der Waals surface area contributed by atoms with Crippen LogP contribution in [-0.4, -0.2) is 14.1 Å². The largest absolute Gasteiger partial charge is 0.332 e. The van der Waals surface area contributed by atoms with Crippen molar-refractivity contribution in [2.24, 2.45) is 7.05 Å². The molecule has 150 valence electrons. The van der Waals surface area contributed by atoms with Crippen LogP contribution < -0.4 is 11.2 Å². The lowest BCUT2D eigenvalue weighted by Crippen LogP contribution is -2.39. The summed E-state index contributed by atoms with van der Waals surface area (Å²) in [7, 11) is 1.53. The quantitative estimate of drug-likeness (QED) is 0.476. The van der Waals surface area contributed by atoms with Crippen LogP contribution in [0, 0.1) is 23.5 Å². The molecule has 0 unspecified atom stereocenters. The van der Waals surface area contributed by atoms with Gasteiger partial charge in [0.25, 0.3) is 5.56 Å². The van der Waals surface area contributed by atoms with E-state index in [4.69, 9.17) is 0 Å². The zero-order chi connectivity index (χ0) is 21.3. The third-order valence-electron chi connectivity index (χ3n) is 4.53. The Kier molecular flexibility index (Phi) is 5.29. The van der Waals surface area contributed by atoms with Crippen LogP contribution in [0.1, 0.15) is 16.1 Å². The summed E-state index contributed by atoms with van der Waals surface area (Å²) in [5.41, 5.74) is 0.321. The molecule has 0 atom stereocenters. The van der Waals surface area contributed by atoms with E-state index in [1.54, 1.807) is 0 Å². The summed E-state index contributed by atoms with van der Waals surface area (Å²) < 4.78 is 28.9. The topological polar surface area (TPSA) is 56.9 Å². The van der Waals surface area contributed by atoms with Crippen molar-refractivity contribution in [3.63, 3.8) is 0 Å². The van der Waals surface area contributed by atoms with Gasteiger partial charge in [-0.25, -0.2) is 18.6 Å². The van der Waals surface area contributed by atoms with Crippen molar-refractivity contribution >= 4 is 21.7 Å². The van der Waals surface area contributed by atoms with E-state index in [-0.39, 0.29) is 12.1 Å². The summed E-state index contributed by atoms with van der Waals surface area (Å²) in [6.45, 7) is -0.189. The maximum absolute atomic E-state index is 13.5. The van der Waals surface area contributed by atoms with Crippen LogP contribution in [0.15, 0.2) is 58.1 Å². The van der Waals surface area contributed by atoms with E-state index < -0.39 is 22.9 Å². The molecule has 0 saturated carbocycles. The van der Waals surface area contributed by atoms with Gasteiger partial charge >= 0.3 is 5.69 Å². The highest BCUT2D eigenvalue weighted by atomic mass is 32.1. The third-order valence-corrected chi connectivity index (χ3v) is 5.58. The number of hydrogen-bond acceptors (Lipinski definition) is 4. The Bertz CT molecular complexity index is 1430. The van der Waals surface area contributed by atoms with Gasteiger partial charge in [-0.2, -0.15) is 0 Å². The second-order valence-corrected chi connectivity index (χ2v) is 7.60. The van der Waals surface area contributed by atoms with Crippen molar-refractivity contribution in [3.05, 3.63) is 97.1 Å². The maximum Gasteiger partial charge on any atom is 0.332 e. The molecule has 2 aromatic heterocycles. The number of fused-ring (bicyclic) bond motifs is 1. The third kappa shape index (κ3) is 3.80. The second kappa shape index (κ2) is 8.05. The number of thiazole rings is 1. The highest BCUT2D eigenvalue weighted by molar-refractivity contribution is 7.18. The molecule has 0 N–H and O–H groups in total. The zero-order valence-corrected chi connectivity index (χ0v) is 16.7. The Balaban J connectivity index is 1.71.